The number of hydrogen-bond acceptors (Lipinski definition) is 4. The van der Waals surface area contributed by atoms with Crippen molar-refractivity contribution in [2.24, 2.45) is 17.3 Å². The Balaban J connectivity index is 1.60. The summed E-state index contributed by atoms with van der Waals surface area (Å²) in [5, 5.41) is 5.33. The van der Waals surface area contributed by atoms with Crippen molar-refractivity contribution >= 4 is 23.2 Å². The molecule has 0 aromatic carbocycles. The average molecular weight is 333 g/mol. The second kappa shape index (κ2) is 5.07. The molecule has 4 nitrogen and oxygen atoms in total. The van der Waals surface area contributed by atoms with E-state index in [1.54, 1.807) is 0 Å². The van der Waals surface area contributed by atoms with Gasteiger partial charge in [0.15, 0.2) is 0 Å². The third-order valence-electron chi connectivity index (χ3n) is 6.01. The molecule has 2 atom stereocenters. The van der Waals surface area contributed by atoms with Crippen molar-refractivity contribution < 1.29 is 14.3 Å². The van der Waals surface area contributed by atoms with Crippen LogP contribution < -0.4 is 5.32 Å². The van der Waals surface area contributed by atoms with E-state index in [4.69, 9.17) is 4.74 Å². The molecule has 1 heterocycles. The van der Waals surface area contributed by atoms with E-state index in [1.165, 1.54) is 24.9 Å². The molecule has 1 aromatic rings. The van der Waals surface area contributed by atoms with Gasteiger partial charge in [-0.2, -0.15) is 0 Å². The zero-order chi connectivity index (χ0) is 16.2. The maximum Gasteiger partial charge on any atom is 0.311 e. The molecule has 1 N–H and O–H groups in total. The van der Waals surface area contributed by atoms with Gasteiger partial charge in [-0.15, -0.1) is 11.3 Å². The molecular formula is C18H23NO3S. The number of ether oxygens (including phenoxy) is 1. The molecule has 0 spiro atoms. The van der Waals surface area contributed by atoms with E-state index in [-0.39, 0.29) is 22.8 Å². The van der Waals surface area contributed by atoms with Gasteiger partial charge in [0.25, 0.3) is 5.91 Å². The first-order chi connectivity index (χ1) is 10.9. The van der Waals surface area contributed by atoms with Crippen LogP contribution in [0.5, 0.6) is 0 Å². The smallest absolute Gasteiger partial charge is 0.311 e. The Morgan fingerprint density at radius 1 is 1.26 bits per heavy atom. The lowest BCUT2D eigenvalue weighted by Crippen LogP contribution is -2.64. The number of aryl methyl sites for hydroxylation is 1. The van der Waals surface area contributed by atoms with Crippen LogP contribution in [0.4, 0.5) is 0 Å². The quantitative estimate of drug-likeness (QED) is 0.864. The van der Waals surface area contributed by atoms with E-state index in [0.29, 0.717) is 11.8 Å². The molecule has 0 aliphatic heterocycles. The molecule has 5 heteroatoms. The molecule has 4 saturated carbocycles. The van der Waals surface area contributed by atoms with Crippen LogP contribution in [0.25, 0.3) is 0 Å². The highest BCUT2D eigenvalue weighted by Gasteiger charge is 2.61. The second-order valence-electron chi connectivity index (χ2n) is 7.96. The Morgan fingerprint density at radius 3 is 2.52 bits per heavy atom. The number of thiophene rings is 1. The normalized spacial score (nSPS) is 37.7. The third-order valence-corrected chi connectivity index (χ3v) is 7.06. The van der Waals surface area contributed by atoms with Gasteiger partial charge in [-0.25, -0.2) is 0 Å². The minimum Gasteiger partial charge on any atom is -0.469 e. The zero-order valence-electron chi connectivity index (χ0n) is 13.7. The zero-order valence-corrected chi connectivity index (χ0v) is 14.5. The van der Waals surface area contributed by atoms with E-state index in [9.17, 15) is 9.59 Å². The van der Waals surface area contributed by atoms with Gasteiger partial charge in [0.2, 0.25) is 0 Å². The summed E-state index contributed by atoms with van der Waals surface area (Å²) in [7, 11) is 1.49. The predicted molar refractivity (Wildman–Crippen MR) is 88.4 cm³/mol. The second-order valence-corrected chi connectivity index (χ2v) is 8.87. The number of rotatable bonds is 3. The summed E-state index contributed by atoms with van der Waals surface area (Å²) in [5.74, 6) is 1.03. The van der Waals surface area contributed by atoms with Crippen molar-refractivity contribution in [1.82, 2.24) is 5.32 Å². The molecule has 1 amide bonds. The van der Waals surface area contributed by atoms with Gasteiger partial charge >= 0.3 is 5.97 Å². The fraction of sp³-hybridized carbons (Fsp3) is 0.667. The topological polar surface area (TPSA) is 55.4 Å². The van der Waals surface area contributed by atoms with Crippen molar-refractivity contribution in [2.75, 3.05) is 7.11 Å². The first kappa shape index (κ1) is 15.2. The summed E-state index contributed by atoms with van der Waals surface area (Å²) in [5.41, 5.74) is 0.543. The van der Waals surface area contributed by atoms with Crippen LogP contribution in [0.1, 0.15) is 53.8 Å². The molecule has 0 unspecified atom stereocenters. The van der Waals surface area contributed by atoms with Gasteiger partial charge in [0.1, 0.15) is 0 Å². The standard InChI is InChI=1S/C18H23NO3S/c1-11-3-14(23-9-11)15(20)19-18-7-12-4-13(8-18)6-17(5-12,10-18)16(21)22-2/h3,9,12-13H,4-8,10H2,1-2H3,(H,19,20)/t12-,13-,17?,18?/m0/s1. The summed E-state index contributed by atoms with van der Waals surface area (Å²) in [6, 6.07) is 1.94. The van der Waals surface area contributed by atoms with Crippen molar-refractivity contribution in [3.05, 3.63) is 21.9 Å². The molecular weight excluding hydrogens is 310 g/mol. The lowest BCUT2D eigenvalue weighted by molar-refractivity contribution is -0.171. The molecule has 0 radical (unpaired) electrons. The highest BCUT2D eigenvalue weighted by molar-refractivity contribution is 7.12. The Labute approximate surface area is 140 Å². The molecule has 23 heavy (non-hydrogen) atoms. The largest absolute Gasteiger partial charge is 0.469 e. The number of amides is 1. The lowest BCUT2D eigenvalue weighted by Gasteiger charge is -2.60. The molecule has 4 bridgehead atoms. The lowest BCUT2D eigenvalue weighted by atomic mass is 9.47. The van der Waals surface area contributed by atoms with E-state index < -0.39 is 0 Å². The molecule has 0 saturated heterocycles. The molecule has 4 fully saturated rings. The van der Waals surface area contributed by atoms with Crippen LogP contribution in [-0.4, -0.2) is 24.5 Å². The van der Waals surface area contributed by atoms with E-state index >= 15 is 0 Å². The van der Waals surface area contributed by atoms with Gasteiger partial charge in [0, 0.05) is 5.54 Å². The summed E-state index contributed by atoms with van der Waals surface area (Å²) in [4.78, 5) is 25.9. The van der Waals surface area contributed by atoms with Crippen LogP contribution in [0.15, 0.2) is 11.4 Å². The molecule has 4 aliphatic carbocycles. The van der Waals surface area contributed by atoms with Crippen LogP contribution in [-0.2, 0) is 9.53 Å². The number of methoxy groups -OCH3 is 1. The summed E-state index contributed by atoms with van der Waals surface area (Å²) < 4.78 is 5.12. The van der Waals surface area contributed by atoms with Gasteiger partial charge in [-0.1, -0.05) is 0 Å². The number of carbonyl (C=O) groups excluding carboxylic acids is 2. The van der Waals surface area contributed by atoms with Crippen molar-refractivity contribution in [3.63, 3.8) is 0 Å². The number of hydrogen-bond donors (Lipinski definition) is 1. The Kier molecular flexibility index (Phi) is 3.34. The Hall–Kier alpha value is -1.36. The molecule has 5 rings (SSSR count). The molecule has 124 valence electrons. The number of esters is 1. The van der Waals surface area contributed by atoms with Gasteiger partial charge in [-0.3, -0.25) is 9.59 Å². The maximum absolute atomic E-state index is 12.7. The number of nitrogens with one attached hydrogen (secondary N) is 1. The Bertz CT molecular complexity index is 651. The third kappa shape index (κ3) is 2.40. The predicted octanol–water partition coefficient (Wildman–Crippen LogP) is 3.30. The highest BCUT2D eigenvalue weighted by Crippen LogP contribution is 2.62. The molecule has 1 aromatic heterocycles. The van der Waals surface area contributed by atoms with Crippen molar-refractivity contribution in [1.29, 1.82) is 0 Å². The van der Waals surface area contributed by atoms with E-state index in [0.717, 1.165) is 42.5 Å². The van der Waals surface area contributed by atoms with E-state index in [1.807, 2.05) is 18.4 Å². The minimum atomic E-state index is -0.364. The van der Waals surface area contributed by atoms with Crippen LogP contribution in [0, 0.1) is 24.2 Å². The minimum absolute atomic E-state index is 0.0186. The summed E-state index contributed by atoms with van der Waals surface area (Å²) in [6.45, 7) is 2.00. The van der Waals surface area contributed by atoms with Crippen LogP contribution >= 0.6 is 11.3 Å². The maximum atomic E-state index is 12.7. The van der Waals surface area contributed by atoms with Gasteiger partial charge < -0.3 is 10.1 Å². The van der Waals surface area contributed by atoms with Crippen molar-refractivity contribution in [2.45, 2.75) is 51.0 Å². The summed E-state index contributed by atoms with van der Waals surface area (Å²) in [6.07, 6.45) is 5.85. The van der Waals surface area contributed by atoms with Crippen molar-refractivity contribution in [3.8, 4) is 0 Å². The van der Waals surface area contributed by atoms with Gasteiger partial charge in [-0.05, 0) is 74.3 Å². The van der Waals surface area contributed by atoms with Gasteiger partial charge in [0.05, 0.1) is 17.4 Å². The van der Waals surface area contributed by atoms with Crippen LogP contribution in [0.3, 0.4) is 0 Å². The van der Waals surface area contributed by atoms with Crippen LogP contribution in [0.2, 0.25) is 0 Å². The Morgan fingerprint density at radius 2 is 1.96 bits per heavy atom. The highest BCUT2D eigenvalue weighted by atomic mass is 32.1. The monoisotopic (exact) mass is 333 g/mol. The fourth-order valence-electron chi connectivity index (χ4n) is 5.72. The number of carbonyl (C=O) groups is 2. The SMILES string of the molecule is COC(=O)C12C[C@@H]3C[C@H](CC(NC(=O)c4cc(C)cs4)(C3)C1)C2. The first-order valence-corrected chi connectivity index (χ1v) is 9.28. The fourth-order valence-corrected chi connectivity index (χ4v) is 6.51. The first-order valence-electron chi connectivity index (χ1n) is 8.40. The van der Waals surface area contributed by atoms with E-state index in [2.05, 4.69) is 5.32 Å². The molecule has 4 aliphatic rings. The summed E-state index contributed by atoms with van der Waals surface area (Å²) >= 11 is 1.49. The average Bonchev–Trinajstić information content (AvgIpc) is 2.91.